The van der Waals surface area contributed by atoms with Crippen molar-refractivity contribution in [2.75, 3.05) is 24.0 Å². The summed E-state index contributed by atoms with van der Waals surface area (Å²) in [6.45, 7) is 2.22. The smallest absolute Gasteiger partial charge is 0.186 e. The van der Waals surface area contributed by atoms with Crippen LogP contribution in [0.2, 0.25) is 0 Å². The number of nitrogens with zero attached hydrogens (tertiary/aromatic N) is 2. The number of aldehydes is 1. The van der Waals surface area contributed by atoms with E-state index in [1.807, 2.05) is 11.8 Å². The highest BCUT2D eigenvalue weighted by molar-refractivity contribution is 7.98. The molecule has 0 saturated heterocycles. The highest BCUT2D eigenvalue weighted by Crippen LogP contribution is 2.43. The number of carbonyl (C=O) groups is 1. The maximum Gasteiger partial charge on any atom is 0.186 e. The van der Waals surface area contributed by atoms with Crippen LogP contribution in [0, 0.1) is 0 Å². The maximum atomic E-state index is 11.1. The van der Waals surface area contributed by atoms with E-state index in [4.69, 9.17) is 0 Å². The van der Waals surface area contributed by atoms with Gasteiger partial charge in [0.05, 0.1) is 10.6 Å². The van der Waals surface area contributed by atoms with Crippen LogP contribution in [0.5, 0.6) is 0 Å². The molecule has 3 nitrogen and oxygen atoms in total. The third kappa shape index (κ3) is 3.06. The summed E-state index contributed by atoms with van der Waals surface area (Å²) in [5, 5.41) is 0.993. The maximum absolute atomic E-state index is 11.1. The molecule has 1 aromatic rings. The summed E-state index contributed by atoms with van der Waals surface area (Å²) in [5.74, 6) is 1.71. The van der Waals surface area contributed by atoms with E-state index in [0.29, 0.717) is 12.0 Å². The van der Waals surface area contributed by atoms with E-state index in [1.165, 1.54) is 24.2 Å². The number of rotatable bonds is 7. The molecule has 100 valence electrons. The lowest BCUT2D eigenvalue weighted by molar-refractivity contribution is 0.112. The summed E-state index contributed by atoms with van der Waals surface area (Å²) in [6.07, 6.45) is 6.62. The van der Waals surface area contributed by atoms with Gasteiger partial charge in [0.2, 0.25) is 0 Å². The molecule has 0 aromatic carbocycles. The Bertz CT molecular complexity index is 415. The predicted octanol–water partition coefficient (Wildman–Crippen LogP) is 3.41. The summed E-state index contributed by atoms with van der Waals surface area (Å²) in [5.41, 5.74) is 1.04. The third-order valence-electron chi connectivity index (χ3n) is 3.44. The number of aromatic nitrogens is 1. The zero-order valence-corrected chi connectivity index (χ0v) is 12.8. The van der Waals surface area contributed by atoms with Crippen molar-refractivity contribution in [1.29, 1.82) is 0 Å². The fourth-order valence-electron chi connectivity index (χ4n) is 1.89. The average molecular weight is 284 g/mol. The topological polar surface area (TPSA) is 33.2 Å². The van der Waals surface area contributed by atoms with E-state index in [-0.39, 0.29) is 0 Å². The Hall–Kier alpha value is -0.550. The molecule has 1 aromatic heterocycles. The first-order valence-electron chi connectivity index (χ1n) is 6.35. The molecule has 1 saturated carbocycles. The van der Waals surface area contributed by atoms with Crippen LogP contribution >= 0.6 is 23.1 Å². The van der Waals surface area contributed by atoms with Gasteiger partial charge in [-0.25, -0.2) is 4.98 Å². The second-order valence-electron chi connectivity index (χ2n) is 4.88. The minimum Gasteiger partial charge on any atom is -0.348 e. The molecule has 1 atom stereocenters. The highest BCUT2D eigenvalue weighted by Gasteiger charge is 2.30. The fourth-order valence-corrected chi connectivity index (χ4v) is 3.49. The van der Waals surface area contributed by atoms with Crippen molar-refractivity contribution in [3.63, 3.8) is 0 Å². The lowest BCUT2D eigenvalue weighted by Crippen LogP contribution is -2.29. The van der Waals surface area contributed by atoms with E-state index in [0.717, 1.165) is 34.2 Å². The third-order valence-corrected chi connectivity index (χ3v) is 5.17. The molecule has 1 unspecified atom stereocenters. The molecule has 0 radical (unpaired) electrons. The normalized spacial score (nSPS) is 16.6. The summed E-state index contributed by atoms with van der Waals surface area (Å²) in [6, 6.07) is 0.468. The number of hydrogen-bond acceptors (Lipinski definition) is 5. The lowest BCUT2D eigenvalue weighted by atomic mass is 10.2. The van der Waals surface area contributed by atoms with Crippen LogP contribution in [0.3, 0.4) is 0 Å². The van der Waals surface area contributed by atoms with Gasteiger partial charge < -0.3 is 4.90 Å². The first kappa shape index (κ1) is 13.9. The number of anilines is 1. The summed E-state index contributed by atoms with van der Waals surface area (Å²) >= 11 is 3.41. The molecule has 0 spiro atoms. The molecule has 5 heteroatoms. The Morgan fingerprint density at radius 2 is 2.33 bits per heavy atom. The van der Waals surface area contributed by atoms with Crippen molar-refractivity contribution >= 4 is 34.5 Å². The SMILES string of the molecule is CSCCC(C)N(C)c1nc(C2CC2)c(C=O)s1. The predicted molar refractivity (Wildman–Crippen MR) is 80.3 cm³/mol. The van der Waals surface area contributed by atoms with Gasteiger partial charge in [0, 0.05) is 19.0 Å². The molecule has 1 aliphatic carbocycles. The first-order valence-corrected chi connectivity index (χ1v) is 8.56. The van der Waals surface area contributed by atoms with Crippen molar-refractivity contribution in [2.24, 2.45) is 0 Å². The lowest BCUT2D eigenvalue weighted by Gasteiger charge is -2.23. The van der Waals surface area contributed by atoms with Crippen LogP contribution in [0.15, 0.2) is 0 Å². The monoisotopic (exact) mass is 284 g/mol. The highest BCUT2D eigenvalue weighted by atomic mass is 32.2. The van der Waals surface area contributed by atoms with Crippen LogP contribution in [0.25, 0.3) is 0 Å². The van der Waals surface area contributed by atoms with Crippen molar-refractivity contribution < 1.29 is 4.79 Å². The van der Waals surface area contributed by atoms with Gasteiger partial charge in [-0.1, -0.05) is 11.3 Å². The van der Waals surface area contributed by atoms with Gasteiger partial charge in [0.25, 0.3) is 0 Å². The summed E-state index contributed by atoms with van der Waals surface area (Å²) in [4.78, 5) is 18.8. The zero-order valence-electron chi connectivity index (χ0n) is 11.2. The van der Waals surface area contributed by atoms with Gasteiger partial charge in [0.1, 0.15) is 0 Å². The van der Waals surface area contributed by atoms with Crippen molar-refractivity contribution in [3.8, 4) is 0 Å². The van der Waals surface area contributed by atoms with Crippen LogP contribution in [0.1, 0.15) is 47.5 Å². The van der Waals surface area contributed by atoms with Gasteiger partial charge in [-0.2, -0.15) is 11.8 Å². The number of carbonyl (C=O) groups excluding carboxylic acids is 1. The van der Waals surface area contributed by atoms with E-state index < -0.39 is 0 Å². The summed E-state index contributed by atoms with van der Waals surface area (Å²) in [7, 11) is 2.08. The van der Waals surface area contributed by atoms with Crippen molar-refractivity contribution in [3.05, 3.63) is 10.6 Å². The number of thiazole rings is 1. The minimum atomic E-state index is 0.468. The second-order valence-corrected chi connectivity index (χ2v) is 6.87. The Morgan fingerprint density at radius 1 is 1.61 bits per heavy atom. The minimum absolute atomic E-state index is 0.468. The Balaban J connectivity index is 2.09. The molecule has 0 bridgehead atoms. The number of thioether (sulfide) groups is 1. The Morgan fingerprint density at radius 3 is 2.89 bits per heavy atom. The van der Waals surface area contributed by atoms with Crippen LogP contribution in [-0.4, -0.2) is 36.4 Å². The first-order chi connectivity index (χ1) is 8.67. The molecule has 1 aliphatic rings. The van der Waals surface area contributed by atoms with Gasteiger partial charge in [0.15, 0.2) is 11.4 Å². The molecule has 0 amide bonds. The molecular formula is C13H20N2OS2. The van der Waals surface area contributed by atoms with Gasteiger partial charge >= 0.3 is 0 Å². The fraction of sp³-hybridized carbons (Fsp3) is 0.692. The molecule has 0 N–H and O–H groups in total. The van der Waals surface area contributed by atoms with E-state index in [9.17, 15) is 4.79 Å². The molecule has 18 heavy (non-hydrogen) atoms. The molecule has 1 fully saturated rings. The van der Waals surface area contributed by atoms with E-state index in [1.54, 1.807) is 0 Å². The largest absolute Gasteiger partial charge is 0.348 e. The van der Waals surface area contributed by atoms with Gasteiger partial charge in [-0.15, -0.1) is 0 Å². The van der Waals surface area contributed by atoms with Gasteiger partial charge in [-0.3, -0.25) is 4.79 Å². The molecular weight excluding hydrogens is 264 g/mol. The molecule has 1 heterocycles. The Labute approximate surface area is 117 Å². The van der Waals surface area contributed by atoms with Crippen molar-refractivity contribution in [1.82, 2.24) is 4.98 Å². The number of hydrogen-bond donors (Lipinski definition) is 0. The quantitative estimate of drug-likeness (QED) is 0.718. The molecule has 0 aliphatic heterocycles. The second kappa shape index (κ2) is 6.06. The van der Waals surface area contributed by atoms with Crippen LogP contribution in [0.4, 0.5) is 5.13 Å². The van der Waals surface area contributed by atoms with Crippen LogP contribution in [-0.2, 0) is 0 Å². The van der Waals surface area contributed by atoms with Crippen LogP contribution < -0.4 is 4.90 Å². The summed E-state index contributed by atoms with van der Waals surface area (Å²) < 4.78 is 0. The Kier molecular flexibility index (Phi) is 4.67. The van der Waals surface area contributed by atoms with Crippen molar-refractivity contribution in [2.45, 2.75) is 38.1 Å². The standard InChI is InChI=1S/C13H20N2OS2/c1-9(6-7-17-3)15(2)13-14-12(10-4-5-10)11(8-16)18-13/h8-10H,4-7H2,1-3H3. The zero-order chi connectivity index (χ0) is 13.1. The van der Waals surface area contributed by atoms with E-state index >= 15 is 0 Å². The van der Waals surface area contributed by atoms with E-state index in [2.05, 4.69) is 30.1 Å². The molecule has 2 rings (SSSR count). The average Bonchev–Trinajstić information content (AvgIpc) is 3.14. The van der Waals surface area contributed by atoms with Gasteiger partial charge in [-0.05, 0) is 38.2 Å².